The second-order valence-electron chi connectivity index (χ2n) is 2.69. The first-order valence-electron chi connectivity index (χ1n) is 3.82. The first kappa shape index (κ1) is 11.6. The lowest BCUT2D eigenvalue weighted by molar-refractivity contribution is -0.532. The van der Waals surface area contributed by atoms with Crippen LogP contribution >= 0.6 is 0 Å². The van der Waals surface area contributed by atoms with E-state index in [0.29, 0.717) is 0 Å². The number of carbonyl (C=O) groups is 2. The standard InChI is InChI=1S/C7H8O8/c1-2-3-4(5(8)9)7(6(10)11)12-14-15-13-7/h2,4H,1,3H2,(H,8,9)(H,10,11). The molecular weight excluding hydrogens is 212 g/mol. The summed E-state index contributed by atoms with van der Waals surface area (Å²) in [5, 5.41) is 25.2. The molecule has 0 saturated carbocycles. The number of aliphatic carboxylic acids is 2. The third-order valence-corrected chi connectivity index (χ3v) is 1.80. The van der Waals surface area contributed by atoms with Crippen LogP contribution in [0.5, 0.6) is 0 Å². The van der Waals surface area contributed by atoms with E-state index in [4.69, 9.17) is 10.2 Å². The Morgan fingerprint density at radius 2 is 1.87 bits per heavy atom. The molecule has 8 nitrogen and oxygen atoms in total. The molecule has 0 bridgehead atoms. The van der Waals surface area contributed by atoms with E-state index in [0.717, 1.165) is 0 Å². The lowest BCUT2D eigenvalue weighted by Crippen LogP contribution is -2.50. The molecule has 15 heavy (non-hydrogen) atoms. The van der Waals surface area contributed by atoms with Gasteiger partial charge in [0.2, 0.25) is 0 Å². The molecule has 1 atom stereocenters. The van der Waals surface area contributed by atoms with E-state index >= 15 is 0 Å². The van der Waals surface area contributed by atoms with E-state index in [1.807, 2.05) is 0 Å². The van der Waals surface area contributed by atoms with E-state index in [1.165, 1.54) is 6.08 Å². The Bertz CT molecular complexity index is 279. The van der Waals surface area contributed by atoms with Gasteiger partial charge < -0.3 is 10.2 Å². The van der Waals surface area contributed by atoms with Crippen molar-refractivity contribution in [3.63, 3.8) is 0 Å². The number of carboxylic acid groups (broad SMARTS) is 2. The Morgan fingerprint density at radius 3 is 2.20 bits per heavy atom. The van der Waals surface area contributed by atoms with Crippen LogP contribution in [0.25, 0.3) is 0 Å². The summed E-state index contributed by atoms with van der Waals surface area (Å²) in [7, 11) is 0. The molecule has 2 N–H and O–H groups in total. The molecule has 84 valence electrons. The quantitative estimate of drug-likeness (QED) is 0.486. The summed E-state index contributed by atoms with van der Waals surface area (Å²) in [4.78, 5) is 30.1. The highest BCUT2D eigenvalue weighted by Crippen LogP contribution is 2.32. The molecule has 0 aromatic carbocycles. The Hall–Kier alpha value is -1.48. The maximum atomic E-state index is 10.8. The summed E-state index contributed by atoms with van der Waals surface area (Å²) in [6.07, 6.45) is 1.03. The summed E-state index contributed by atoms with van der Waals surface area (Å²) >= 11 is 0. The highest BCUT2D eigenvalue weighted by molar-refractivity contribution is 5.84. The highest BCUT2D eigenvalue weighted by atomic mass is 17.7. The van der Waals surface area contributed by atoms with Crippen LogP contribution in [-0.2, 0) is 29.4 Å². The van der Waals surface area contributed by atoms with Crippen molar-refractivity contribution in [2.24, 2.45) is 5.92 Å². The predicted octanol–water partition coefficient (Wildman–Crippen LogP) is -0.131. The summed E-state index contributed by atoms with van der Waals surface area (Å²) < 4.78 is 0. The first-order valence-corrected chi connectivity index (χ1v) is 3.82. The van der Waals surface area contributed by atoms with Crippen molar-refractivity contribution in [1.29, 1.82) is 0 Å². The smallest absolute Gasteiger partial charge is 0.371 e. The molecule has 0 spiro atoms. The topological polar surface area (TPSA) is 112 Å². The molecule has 1 saturated heterocycles. The van der Waals surface area contributed by atoms with Gasteiger partial charge in [-0.25, -0.2) is 4.79 Å². The van der Waals surface area contributed by atoms with Crippen molar-refractivity contribution < 1.29 is 39.7 Å². The molecule has 1 rings (SSSR count). The fourth-order valence-corrected chi connectivity index (χ4v) is 1.06. The first-order chi connectivity index (χ1) is 7.04. The molecular formula is C7H8O8. The number of hydrogen-bond donors (Lipinski definition) is 2. The van der Waals surface area contributed by atoms with Gasteiger partial charge in [0.1, 0.15) is 5.92 Å². The third kappa shape index (κ3) is 1.97. The molecule has 1 fully saturated rings. The zero-order valence-electron chi connectivity index (χ0n) is 7.41. The van der Waals surface area contributed by atoms with Gasteiger partial charge in [0, 0.05) is 0 Å². The lowest BCUT2D eigenvalue weighted by atomic mass is 9.95. The minimum atomic E-state index is -2.51. The van der Waals surface area contributed by atoms with Gasteiger partial charge in [-0.1, -0.05) is 6.08 Å². The predicted molar refractivity (Wildman–Crippen MR) is 40.6 cm³/mol. The fraction of sp³-hybridized carbons (Fsp3) is 0.429. The molecule has 1 unspecified atom stereocenters. The van der Waals surface area contributed by atoms with Crippen LogP contribution in [0.4, 0.5) is 0 Å². The van der Waals surface area contributed by atoms with Gasteiger partial charge in [0.05, 0.1) is 0 Å². The van der Waals surface area contributed by atoms with Crippen LogP contribution in [0.2, 0.25) is 0 Å². The number of rotatable bonds is 5. The summed E-state index contributed by atoms with van der Waals surface area (Å²) in [6, 6.07) is 0. The van der Waals surface area contributed by atoms with Gasteiger partial charge in [-0.2, -0.15) is 9.78 Å². The highest BCUT2D eigenvalue weighted by Gasteiger charge is 2.59. The molecule has 1 aliphatic heterocycles. The van der Waals surface area contributed by atoms with Crippen LogP contribution in [0.3, 0.4) is 0 Å². The maximum absolute atomic E-state index is 10.8. The molecule has 0 aliphatic carbocycles. The van der Waals surface area contributed by atoms with Gasteiger partial charge in [-0.05, 0) is 16.5 Å². The zero-order valence-corrected chi connectivity index (χ0v) is 7.41. The van der Waals surface area contributed by atoms with Crippen LogP contribution < -0.4 is 0 Å². The van der Waals surface area contributed by atoms with E-state index < -0.39 is 23.6 Å². The van der Waals surface area contributed by atoms with E-state index in [1.54, 1.807) is 0 Å². The number of carboxylic acids is 2. The molecule has 0 amide bonds. The molecule has 8 heteroatoms. The van der Waals surface area contributed by atoms with E-state index in [2.05, 4.69) is 26.4 Å². The van der Waals surface area contributed by atoms with Crippen LogP contribution in [0.15, 0.2) is 12.7 Å². The van der Waals surface area contributed by atoms with E-state index in [-0.39, 0.29) is 6.42 Å². The maximum Gasteiger partial charge on any atom is 0.371 e. The summed E-state index contributed by atoms with van der Waals surface area (Å²) in [6.45, 7) is 3.30. The van der Waals surface area contributed by atoms with Crippen LogP contribution in [-0.4, -0.2) is 27.9 Å². The fourth-order valence-electron chi connectivity index (χ4n) is 1.06. The average molecular weight is 220 g/mol. The largest absolute Gasteiger partial charge is 0.481 e. The zero-order chi connectivity index (χ0) is 11.5. The third-order valence-electron chi connectivity index (χ3n) is 1.80. The number of hydrogen-bond acceptors (Lipinski definition) is 6. The second-order valence-corrected chi connectivity index (χ2v) is 2.69. The van der Waals surface area contributed by atoms with Gasteiger partial charge >= 0.3 is 17.7 Å². The molecule has 0 aromatic rings. The summed E-state index contributed by atoms with van der Waals surface area (Å²) in [5.41, 5.74) is 0. The molecule has 0 radical (unpaired) electrons. The van der Waals surface area contributed by atoms with Crippen molar-refractivity contribution in [2.75, 3.05) is 0 Å². The Morgan fingerprint density at radius 1 is 1.33 bits per heavy atom. The monoisotopic (exact) mass is 220 g/mol. The Balaban J connectivity index is 2.99. The Labute approximate surface area is 83.4 Å². The minimum Gasteiger partial charge on any atom is -0.481 e. The van der Waals surface area contributed by atoms with Gasteiger partial charge in [0.15, 0.2) is 0 Å². The van der Waals surface area contributed by atoms with Crippen molar-refractivity contribution in [1.82, 2.24) is 0 Å². The van der Waals surface area contributed by atoms with Crippen molar-refractivity contribution in [2.45, 2.75) is 12.2 Å². The SMILES string of the molecule is C=CCC(C(=O)O)C1(C(=O)O)OOOO1. The second kappa shape index (κ2) is 4.36. The van der Waals surface area contributed by atoms with Gasteiger partial charge in [-0.15, -0.1) is 6.58 Å². The summed E-state index contributed by atoms with van der Waals surface area (Å²) in [5.74, 6) is -7.16. The normalized spacial score (nSPS) is 20.8. The van der Waals surface area contributed by atoms with Crippen LogP contribution in [0.1, 0.15) is 6.42 Å². The van der Waals surface area contributed by atoms with Crippen molar-refractivity contribution in [3.8, 4) is 0 Å². The van der Waals surface area contributed by atoms with Gasteiger partial charge in [0.25, 0.3) is 0 Å². The van der Waals surface area contributed by atoms with Crippen LogP contribution in [0, 0.1) is 5.92 Å². The van der Waals surface area contributed by atoms with Crippen molar-refractivity contribution >= 4 is 11.9 Å². The Kier molecular flexibility index (Phi) is 3.37. The lowest BCUT2D eigenvalue weighted by Gasteiger charge is -2.22. The molecule has 0 aromatic heterocycles. The minimum absolute atomic E-state index is 0.186. The van der Waals surface area contributed by atoms with E-state index in [9.17, 15) is 9.59 Å². The number of allylic oxidation sites excluding steroid dienone is 1. The molecule has 1 heterocycles. The average Bonchev–Trinajstić information content (AvgIpc) is 2.63. The molecule has 1 aliphatic rings. The van der Waals surface area contributed by atoms with Gasteiger partial charge in [-0.3, -0.25) is 4.79 Å². The van der Waals surface area contributed by atoms with Crippen molar-refractivity contribution in [3.05, 3.63) is 12.7 Å².